The summed E-state index contributed by atoms with van der Waals surface area (Å²) in [4.78, 5) is 0. The predicted octanol–water partition coefficient (Wildman–Crippen LogP) is 3.85. The average molecular weight is 243 g/mol. The second kappa shape index (κ2) is 11.0. The number of hydrogen-bond donors (Lipinski definition) is 1. The van der Waals surface area contributed by atoms with Gasteiger partial charge in [0.15, 0.2) is 0 Å². The van der Waals surface area contributed by atoms with Crippen molar-refractivity contribution in [3.63, 3.8) is 0 Å². The first-order valence-electron chi connectivity index (χ1n) is 7.37. The molecule has 2 nitrogen and oxygen atoms in total. The summed E-state index contributed by atoms with van der Waals surface area (Å²) in [6.07, 6.45) is 4.80. The molecule has 0 aliphatic rings. The van der Waals surface area contributed by atoms with Crippen molar-refractivity contribution in [3.05, 3.63) is 0 Å². The molecule has 0 aromatic carbocycles. The van der Waals surface area contributed by atoms with Crippen molar-refractivity contribution in [2.24, 2.45) is 11.8 Å². The minimum Gasteiger partial charge on any atom is -0.381 e. The Bertz CT molecular complexity index is 157. The third-order valence-electron chi connectivity index (χ3n) is 2.89. The molecule has 2 heteroatoms. The highest BCUT2D eigenvalue weighted by Gasteiger charge is 2.09. The maximum atomic E-state index is 5.70. The maximum Gasteiger partial charge on any atom is 0.0480 e. The van der Waals surface area contributed by atoms with Crippen molar-refractivity contribution in [2.45, 2.75) is 66.3 Å². The molecule has 0 saturated heterocycles. The number of rotatable bonds is 11. The molecular weight excluding hydrogens is 210 g/mol. The van der Waals surface area contributed by atoms with Gasteiger partial charge in [0.25, 0.3) is 0 Å². The quantitative estimate of drug-likeness (QED) is 0.556. The SMILES string of the molecule is CCCNC(CCOCCC(C)C)CC(C)C. The fraction of sp³-hybridized carbons (Fsp3) is 1.00. The van der Waals surface area contributed by atoms with Gasteiger partial charge in [-0.15, -0.1) is 0 Å². The van der Waals surface area contributed by atoms with Crippen LogP contribution in [-0.2, 0) is 4.74 Å². The van der Waals surface area contributed by atoms with Crippen molar-refractivity contribution in [3.8, 4) is 0 Å². The molecule has 0 heterocycles. The molecule has 0 bridgehead atoms. The first-order valence-corrected chi connectivity index (χ1v) is 7.37. The van der Waals surface area contributed by atoms with Gasteiger partial charge in [-0.05, 0) is 44.1 Å². The van der Waals surface area contributed by atoms with E-state index in [1.54, 1.807) is 0 Å². The second-order valence-corrected chi connectivity index (χ2v) is 5.86. The van der Waals surface area contributed by atoms with E-state index in [4.69, 9.17) is 4.74 Å². The molecule has 0 aromatic rings. The van der Waals surface area contributed by atoms with Crippen LogP contribution in [0.4, 0.5) is 0 Å². The van der Waals surface area contributed by atoms with Crippen LogP contribution in [0.1, 0.15) is 60.3 Å². The molecule has 0 aromatic heterocycles. The lowest BCUT2D eigenvalue weighted by Crippen LogP contribution is -2.32. The van der Waals surface area contributed by atoms with Crippen LogP contribution in [0.3, 0.4) is 0 Å². The zero-order chi connectivity index (χ0) is 13.1. The van der Waals surface area contributed by atoms with Crippen LogP contribution in [0.15, 0.2) is 0 Å². The summed E-state index contributed by atoms with van der Waals surface area (Å²) in [6, 6.07) is 0.633. The van der Waals surface area contributed by atoms with Crippen molar-refractivity contribution in [1.82, 2.24) is 5.32 Å². The molecule has 0 spiro atoms. The van der Waals surface area contributed by atoms with Crippen LogP contribution in [-0.4, -0.2) is 25.8 Å². The topological polar surface area (TPSA) is 21.3 Å². The Morgan fingerprint density at radius 3 is 2.12 bits per heavy atom. The zero-order valence-electron chi connectivity index (χ0n) is 12.6. The van der Waals surface area contributed by atoms with Gasteiger partial charge in [0.1, 0.15) is 0 Å². The molecule has 1 atom stereocenters. The lowest BCUT2D eigenvalue weighted by Gasteiger charge is -2.20. The van der Waals surface area contributed by atoms with Crippen molar-refractivity contribution >= 4 is 0 Å². The van der Waals surface area contributed by atoms with E-state index in [0.29, 0.717) is 6.04 Å². The van der Waals surface area contributed by atoms with Gasteiger partial charge < -0.3 is 10.1 Å². The standard InChI is InChI=1S/C15H33NO/c1-6-9-16-15(12-14(4)5)8-11-17-10-7-13(2)3/h13-16H,6-12H2,1-5H3. The van der Waals surface area contributed by atoms with Gasteiger partial charge in [0.05, 0.1) is 0 Å². The van der Waals surface area contributed by atoms with E-state index >= 15 is 0 Å². The van der Waals surface area contributed by atoms with Crippen molar-refractivity contribution < 1.29 is 4.74 Å². The molecule has 104 valence electrons. The lowest BCUT2D eigenvalue weighted by atomic mass is 10.0. The van der Waals surface area contributed by atoms with Gasteiger partial charge in [0.2, 0.25) is 0 Å². The average Bonchev–Trinajstić information content (AvgIpc) is 2.23. The molecule has 0 radical (unpaired) electrons. The van der Waals surface area contributed by atoms with E-state index in [9.17, 15) is 0 Å². The minimum atomic E-state index is 0.633. The van der Waals surface area contributed by atoms with Crippen LogP contribution in [0.25, 0.3) is 0 Å². The van der Waals surface area contributed by atoms with Gasteiger partial charge in [0, 0.05) is 19.3 Å². The fourth-order valence-electron chi connectivity index (χ4n) is 1.87. The van der Waals surface area contributed by atoms with E-state index in [2.05, 4.69) is 39.9 Å². The smallest absolute Gasteiger partial charge is 0.0480 e. The molecule has 0 rings (SSSR count). The van der Waals surface area contributed by atoms with Crippen LogP contribution in [0.5, 0.6) is 0 Å². The number of nitrogens with one attached hydrogen (secondary N) is 1. The molecule has 0 aliphatic heterocycles. The molecule has 0 aliphatic carbocycles. The molecule has 0 saturated carbocycles. The Hall–Kier alpha value is -0.0800. The summed E-state index contributed by atoms with van der Waals surface area (Å²) in [7, 11) is 0. The van der Waals surface area contributed by atoms with Gasteiger partial charge in [-0.1, -0.05) is 34.6 Å². The molecule has 17 heavy (non-hydrogen) atoms. The number of hydrogen-bond acceptors (Lipinski definition) is 2. The normalized spacial score (nSPS) is 13.6. The van der Waals surface area contributed by atoms with Crippen LogP contribution in [0, 0.1) is 11.8 Å². The summed E-state index contributed by atoms with van der Waals surface area (Å²) in [5.41, 5.74) is 0. The van der Waals surface area contributed by atoms with Gasteiger partial charge in [-0.3, -0.25) is 0 Å². The third kappa shape index (κ3) is 12.2. The molecule has 1 N–H and O–H groups in total. The Labute approximate surface area is 109 Å². The largest absolute Gasteiger partial charge is 0.381 e. The lowest BCUT2D eigenvalue weighted by molar-refractivity contribution is 0.112. The van der Waals surface area contributed by atoms with E-state index in [-0.39, 0.29) is 0 Å². The summed E-state index contributed by atoms with van der Waals surface area (Å²) < 4.78 is 5.70. The van der Waals surface area contributed by atoms with E-state index < -0.39 is 0 Å². The highest BCUT2D eigenvalue weighted by Crippen LogP contribution is 2.08. The summed E-state index contributed by atoms with van der Waals surface area (Å²) in [5.74, 6) is 1.51. The van der Waals surface area contributed by atoms with Crippen LogP contribution < -0.4 is 5.32 Å². The summed E-state index contributed by atoms with van der Waals surface area (Å²) in [5, 5.41) is 3.62. The monoisotopic (exact) mass is 243 g/mol. The van der Waals surface area contributed by atoms with E-state index in [0.717, 1.165) is 38.0 Å². The summed E-state index contributed by atoms with van der Waals surface area (Å²) >= 11 is 0. The predicted molar refractivity (Wildman–Crippen MR) is 76.4 cm³/mol. The second-order valence-electron chi connectivity index (χ2n) is 5.86. The highest BCUT2D eigenvalue weighted by molar-refractivity contribution is 4.68. The van der Waals surface area contributed by atoms with Gasteiger partial charge >= 0.3 is 0 Å². The van der Waals surface area contributed by atoms with Crippen LogP contribution >= 0.6 is 0 Å². The molecule has 1 unspecified atom stereocenters. The van der Waals surface area contributed by atoms with Crippen molar-refractivity contribution in [2.75, 3.05) is 19.8 Å². The molecule has 0 fully saturated rings. The Balaban J connectivity index is 3.60. The van der Waals surface area contributed by atoms with Crippen molar-refractivity contribution in [1.29, 1.82) is 0 Å². The first-order chi connectivity index (χ1) is 8.06. The van der Waals surface area contributed by atoms with Gasteiger partial charge in [-0.2, -0.15) is 0 Å². The number of ether oxygens (including phenoxy) is 1. The highest BCUT2D eigenvalue weighted by atomic mass is 16.5. The summed E-state index contributed by atoms with van der Waals surface area (Å²) in [6.45, 7) is 14.2. The van der Waals surface area contributed by atoms with Crippen LogP contribution in [0.2, 0.25) is 0 Å². The minimum absolute atomic E-state index is 0.633. The Kier molecular flexibility index (Phi) is 11.0. The van der Waals surface area contributed by atoms with E-state index in [1.165, 1.54) is 19.3 Å². The molecule has 0 amide bonds. The maximum absolute atomic E-state index is 5.70. The van der Waals surface area contributed by atoms with E-state index in [1.807, 2.05) is 0 Å². The fourth-order valence-corrected chi connectivity index (χ4v) is 1.87. The zero-order valence-corrected chi connectivity index (χ0v) is 12.6. The van der Waals surface area contributed by atoms with Gasteiger partial charge in [-0.25, -0.2) is 0 Å². The Morgan fingerprint density at radius 1 is 0.941 bits per heavy atom. The first kappa shape index (κ1) is 16.9. The third-order valence-corrected chi connectivity index (χ3v) is 2.89. The Morgan fingerprint density at radius 2 is 1.59 bits per heavy atom. The molecular formula is C15H33NO.